The van der Waals surface area contributed by atoms with Gasteiger partial charge in [0.2, 0.25) is 5.89 Å². The van der Waals surface area contributed by atoms with Gasteiger partial charge in [0.1, 0.15) is 0 Å². The first-order valence-electron chi connectivity index (χ1n) is 9.14. The number of piperidine rings is 1. The molecule has 2 aliphatic rings. The molecule has 0 bridgehead atoms. The van der Waals surface area contributed by atoms with Gasteiger partial charge < -0.3 is 14.7 Å². The maximum absolute atomic E-state index is 12.5. The lowest BCUT2D eigenvalue weighted by Gasteiger charge is -2.33. The Bertz CT molecular complexity index is 510. The molecule has 1 N–H and O–H groups in total. The molecule has 6 heteroatoms. The van der Waals surface area contributed by atoms with E-state index in [0.29, 0.717) is 18.5 Å². The smallest absolute Gasteiger partial charge is 0.317 e. The first-order valence-corrected chi connectivity index (χ1v) is 9.14. The quantitative estimate of drug-likeness (QED) is 0.924. The van der Waals surface area contributed by atoms with Crippen LogP contribution in [0, 0.1) is 0 Å². The number of carbonyl (C=O) groups is 1. The van der Waals surface area contributed by atoms with Crippen LogP contribution in [0.4, 0.5) is 4.79 Å². The van der Waals surface area contributed by atoms with Crippen LogP contribution in [-0.4, -0.2) is 40.2 Å². The van der Waals surface area contributed by atoms with E-state index in [2.05, 4.69) is 22.4 Å². The van der Waals surface area contributed by atoms with Crippen molar-refractivity contribution in [1.29, 1.82) is 0 Å². The van der Waals surface area contributed by atoms with Crippen molar-refractivity contribution in [2.75, 3.05) is 13.1 Å². The first-order chi connectivity index (χ1) is 11.3. The lowest BCUT2D eigenvalue weighted by molar-refractivity contribution is 0.166. The van der Waals surface area contributed by atoms with E-state index in [1.165, 1.54) is 19.3 Å². The number of nitrogens with one attached hydrogen (secondary N) is 1. The van der Waals surface area contributed by atoms with E-state index in [4.69, 9.17) is 4.52 Å². The summed E-state index contributed by atoms with van der Waals surface area (Å²) in [5, 5.41) is 7.25. The summed E-state index contributed by atoms with van der Waals surface area (Å²) in [7, 11) is 0. The Morgan fingerprint density at radius 3 is 2.87 bits per heavy atom. The Morgan fingerprint density at radius 2 is 2.09 bits per heavy atom. The van der Waals surface area contributed by atoms with Crippen molar-refractivity contribution in [2.45, 2.75) is 76.7 Å². The zero-order valence-corrected chi connectivity index (χ0v) is 14.1. The zero-order valence-electron chi connectivity index (χ0n) is 14.1. The number of rotatable bonds is 4. The van der Waals surface area contributed by atoms with Gasteiger partial charge in [-0.15, -0.1) is 0 Å². The fourth-order valence-electron chi connectivity index (χ4n) is 3.63. The third-order valence-electron chi connectivity index (χ3n) is 4.95. The van der Waals surface area contributed by atoms with Crippen molar-refractivity contribution in [1.82, 2.24) is 20.4 Å². The normalized spacial score (nSPS) is 23.0. The highest BCUT2D eigenvalue weighted by Gasteiger charge is 2.29. The molecule has 0 radical (unpaired) electrons. The third-order valence-corrected chi connectivity index (χ3v) is 4.95. The molecule has 1 saturated heterocycles. The molecule has 1 aliphatic heterocycles. The average Bonchev–Trinajstić information content (AvgIpc) is 3.05. The van der Waals surface area contributed by atoms with Gasteiger partial charge in [-0.05, 0) is 32.1 Å². The molecule has 2 heterocycles. The summed E-state index contributed by atoms with van der Waals surface area (Å²) < 4.78 is 5.42. The van der Waals surface area contributed by atoms with Crippen LogP contribution in [0.2, 0.25) is 0 Å². The first kappa shape index (κ1) is 16.3. The second kappa shape index (κ2) is 7.79. The van der Waals surface area contributed by atoms with Crippen LogP contribution in [0.15, 0.2) is 4.52 Å². The molecule has 6 nitrogen and oxygen atoms in total. The Hall–Kier alpha value is -1.59. The summed E-state index contributed by atoms with van der Waals surface area (Å²) in [4.78, 5) is 18.9. The fourth-order valence-corrected chi connectivity index (χ4v) is 3.63. The molecule has 0 spiro atoms. The van der Waals surface area contributed by atoms with Gasteiger partial charge in [0.25, 0.3) is 0 Å². The topological polar surface area (TPSA) is 71.3 Å². The number of carbonyl (C=O) groups excluding carboxylic acids is 1. The summed E-state index contributed by atoms with van der Waals surface area (Å²) in [5.41, 5.74) is 0. The van der Waals surface area contributed by atoms with Crippen molar-refractivity contribution >= 4 is 6.03 Å². The van der Waals surface area contributed by atoms with E-state index in [0.717, 1.165) is 50.9 Å². The summed E-state index contributed by atoms with van der Waals surface area (Å²) >= 11 is 0. The van der Waals surface area contributed by atoms with Crippen LogP contribution in [0.3, 0.4) is 0 Å². The number of urea groups is 1. The maximum Gasteiger partial charge on any atom is 0.317 e. The molecule has 1 aromatic rings. The van der Waals surface area contributed by atoms with Gasteiger partial charge >= 0.3 is 6.03 Å². The van der Waals surface area contributed by atoms with Gasteiger partial charge in [-0.3, -0.25) is 0 Å². The second-order valence-corrected chi connectivity index (χ2v) is 6.87. The van der Waals surface area contributed by atoms with E-state index in [9.17, 15) is 4.79 Å². The molecule has 1 aromatic heterocycles. The van der Waals surface area contributed by atoms with Crippen LogP contribution in [0.25, 0.3) is 0 Å². The molecular formula is C17H28N4O2. The molecule has 128 valence electrons. The maximum atomic E-state index is 12.5. The molecule has 1 atom stereocenters. The van der Waals surface area contributed by atoms with Gasteiger partial charge in [0, 0.05) is 25.6 Å². The van der Waals surface area contributed by atoms with Gasteiger partial charge in [-0.25, -0.2) is 4.79 Å². The molecule has 2 fully saturated rings. The van der Waals surface area contributed by atoms with Crippen LogP contribution in [0.5, 0.6) is 0 Å². The van der Waals surface area contributed by atoms with Crippen molar-refractivity contribution in [2.24, 2.45) is 0 Å². The largest absolute Gasteiger partial charge is 0.339 e. The molecule has 0 aromatic carbocycles. The van der Waals surface area contributed by atoms with Crippen LogP contribution in [0.1, 0.15) is 75.9 Å². The standard InChI is InChI=1S/C17H28N4O2/c1-2-7-15-19-16(23-20-15)13-8-6-11-21(12-13)17(22)18-14-9-4-3-5-10-14/h13-14H,2-12H2,1H3,(H,18,22). The van der Waals surface area contributed by atoms with Crippen molar-refractivity contribution < 1.29 is 9.32 Å². The van der Waals surface area contributed by atoms with E-state index < -0.39 is 0 Å². The van der Waals surface area contributed by atoms with Crippen molar-refractivity contribution in [3.05, 3.63) is 11.7 Å². The van der Waals surface area contributed by atoms with E-state index in [-0.39, 0.29) is 11.9 Å². The minimum Gasteiger partial charge on any atom is -0.339 e. The number of hydrogen-bond acceptors (Lipinski definition) is 4. The zero-order chi connectivity index (χ0) is 16.1. The fraction of sp³-hybridized carbons (Fsp3) is 0.824. The lowest BCUT2D eigenvalue weighted by Crippen LogP contribution is -2.48. The Kier molecular flexibility index (Phi) is 5.51. The van der Waals surface area contributed by atoms with Crippen molar-refractivity contribution in [3.63, 3.8) is 0 Å². The SMILES string of the molecule is CCCc1noc(C2CCCN(C(=O)NC3CCCCC3)C2)n1. The highest BCUT2D eigenvalue weighted by molar-refractivity contribution is 5.74. The average molecular weight is 320 g/mol. The monoisotopic (exact) mass is 320 g/mol. The van der Waals surface area contributed by atoms with Crippen LogP contribution >= 0.6 is 0 Å². The van der Waals surface area contributed by atoms with Gasteiger partial charge in [0.05, 0.1) is 5.92 Å². The number of hydrogen-bond donors (Lipinski definition) is 1. The highest BCUT2D eigenvalue weighted by Crippen LogP contribution is 2.26. The number of likely N-dealkylation sites (tertiary alicyclic amines) is 1. The van der Waals surface area contributed by atoms with Crippen molar-refractivity contribution in [3.8, 4) is 0 Å². The van der Waals surface area contributed by atoms with Gasteiger partial charge in [0.15, 0.2) is 5.82 Å². The second-order valence-electron chi connectivity index (χ2n) is 6.87. The highest BCUT2D eigenvalue weighted by atomic mass is 16.5. The predicted octanol–water partition coefficient (Wildman–Crippen LogP) is 3.24. The molecule has 1 saturated carbocycles. The Morgan fingerprint density at radius 1 is 1.26 bits per heavy atom. The lowest BCUT2D eigenvalue weighted by atomic mass is 9.95. The number of aromatic nitrogens is 2. The number of amides is 2. The molecule has 2 amide bonds. The Balaban J connectivity index is 1.55. The van der Waals surface area contributed by atoms with Gasteiger partial charge in [-0.1, -0.05) is 31.3 Å². The van der Waals surface area contributed by atoms with Crippen LogP contribution < -0.4 is 5.32 Å². The molecular weight excluding hydrogens is 292 g/mol. The van der Waals surface area contributed by atoms with Crippen LogP contribution in [-0.2, 0) is 6.42 Å². The molecule has 1 unspecified atom stereocenters. The minimum atomic E-state index is 0.0786. The summed E-state index contributed by atoms with van der Waals surface area (Å²) in [6.45, 7) is 3.62. The molecule has 1 aliphatic carbocycles. The third kappa shape index (κ3) is 4.24. The summed E-state index contributed by atoms with van der Waals surface area (Å²) in [6.07, 6.45) is 9.87. The van der Waals surface area contributed by atoms with Gasteiger partial charge in [-0.2, -0.15) is 4.98 Å². The summed E-state index contributed by atoms with van der Waals surface area (Å²) in [6, 6.07) is 0.436. The number of nitrogens with zero attached hydrogens (tertiary/aromatic N) is 3. The van der Waals surface area contributed by atoms with E-state index in [1.54, 1.807) is 0 Å². The minimum absolute atomic E-state index is 0.0786. The molecule has 3 rings (SSSR count). The predicted molar refractivity (Wildman–Crippen MR) is 87.2 cm³/mol. The van der Waals surface area contributed by atoms with E-state index >= 15 is 0 Å². The summed E-state index contributed by atoms with van der Waals surface area (Å²) in [5.74, 6) is 1.66. The van der Waals surface area contributed by atoms with E-state index in [1.807, 2.05) is 4.90 Å². The molecule has 23 heavy (non-hydrogen) atoms. The number of aryl methyl sites for hydroxylation is 1. The Labute approximate surface area is 138 Å².